The molecule has 1 aliphatic rings. The van der Waals surface area contributed by atoms with E-state index in [0.717, 1.165) is 15.6 Å². The highest BCUT2D eigenvalue weighted by Crippen LogP contribution is 2.40. The second-order valence-corrected chi connectivity index (χ2v) is 5.29. The molecule has 4 heteroatoms. The van der Waals surface area contributed by atoms with Crippen molar-refractivity contribution in [1.29, 1.82) is 0 Å². The minimum absolute atomic E-state index is 0.00435. The fourth-order valence-corrected chi connectivity index (χ4v) is 2.77. The molecule has 0 radical (unpaired) electrons. The van der Waals surface area contributed by atoms with Crippen LogP contribution in [0.1, 0.15) is 22.8 Å². The molecular formula is C15H10BrNO2. The van der Waals surface area contributed by atoms with E-state index in [1.165, 1.54) is 6.92 Å². The van der Waals surface area contributed by atoms with Crippen LogP contribution in [0.25, 0.3) is 11.1 Å². The molecule has 1 amide bonds. The molecule has 2 aromatic carbocycles. The summed E-state index contributed by atoms with van der Waals surface area (Å²) >= 11 is 3.42. The second kappa shape index (κ2) is 4.31. The molecule has 0 aliphatic heterocycles. The van der Waals surface area contributed by atoms with Crippen LogP contribution >= 0.6 is 15.9 Å². The van der Waals surface area contributed by atoms with Gasteiger partial charge in [0.1, 0.15) is 0 Å². The lowest BCUT2D eigenvalue weighted by Crippen LogP contribution is -2.07. The molecule has 1 aliphatic carbocycles. The molecule has 0 saturated carbocycles. The molecule has 1 N–H and O–H groups in total. The van der Waals surface area contributed by atoms with Gasteiger partial charge in [-0.1, -0.05) is 24.3 Å². The molecule has 0 unspecified atom stereocenters. The number of nitrogens with one attached hydrogen (secondary N) is 1. The van der Waals surface area contributed by atoms with Gasteiger partial charge in [-0.15, -0.1) is 0 Å². The Labute approximate surface area is 118 Å². The van der Waals surface area contributed by atoms with Crippen molar-refractivity contribution in [3.63, 3.8) is 0 Å². The van der Waals surface area contributed by atoms with Crippen LogP contribution in [0.3, 0.4) is 0 Å². The van der Waals surface area contributed by atoms with E-state index in [2.05, 4.69) is 21.2 Å². The third-order valence-corrected chi connectivity index (χ3v) is 3.78. The number of fused-ring (bicyclic) bond motifs is 3. The van der Waals surface area contributed by atoms with Crippen molar-refractivity contribution in [3.8, 4) is 11.1 Å². The van der Waals surface area contributed by atoms with Crippen LogP contribution in [0.2, 0.25) is 0 Å². The summed E-state index contributed by atoms with van der Waals surface area (Å²) in [7, 11) is 0. The molecule has 3 nitrogen and oxygen atoms in total. The first-order valence-electron chi connectivity index (χ1n) is 5.83. The lowest BCUT2D eigenvalue weighted by atomic mass is 10.1. The molecule has 0 fully saturated rings. The standard InChI is InChI=1S/C15H10BrNO2/c1-8(18)17-14-7-12-11(6-13(14)16)9-4-2-3-5-10(9)15(12)19/h2-7H,1H3,(H,17,18). The predicted octanol–water partition coefficient (Wildman–Crippen LogP) is 3.62. The SMILES string of the molecule is CC(=O)Nc1cc2c(cc1Br)-c1ccccc1C2=O. The summed E-state index contributed by atoms with van der Waals surface area (Å²) in [5, 5.41) is 2.71. The minimum atomic E-state index is -0.163. The summed E-state index contributed by atoms with van der Waals surface area (Å²) in [6.07, 6.45) is 0. The average Bonchev–Trinajstić information content (AvgIpc) is 2.64. The quantitative estimate of drug-likeness (QED) is 0.745. The second-order valence-electron chi connectivity index (χ2n) is 4.43. The number of halogens is 1. The molecule has 3 rings (SSSR count). The molecule has 0 heterocycles. The Bertz CT molecular complexity index is 722. The highest BCUT2D eigenvalue weighted by molar-refractivity contribution is 9.10. The molecule has 0 bridgehead atoms. The van der Waals surface area contributed by atoms with E-state index in [1.807, 2.05) is 30.3 Å². The number of carbonyl (C=O) groups excluding carboxylic acids is 2. The number of anilines is 1. The van der Waals surface area contributed by atoms with E-state index in [9.17, 15) is 9.59 Å². The highest BCUT2D eigenvalue weighted by atomic mass is 79.9. The van der Waals surface area contributed by atoms with Crippen molar-refractivity contribution in [2.45, 2.75) is 6.92 Å². The van der Waals surface area contributed by atoms with Crippen molar-refractivity contribution < 1.29 is 9.59 Å². The zero-order valence-corrected chi connectivity index (χ0v) is 11.7. The van der Waals surface area contributed by atoms with Gasteiger partial charge >= 0.3 is 0 Å². The third-order valence-electron chi connectivity index (χ3n) is 3.12. The normalized spacial score (nSPS) is 12.0. The van der Waals surface area contributed by atoms with Crippen LogP contribution in [0, 0.1) is 0 Å². The summed E-state index contributed by atoms with van der Waals surface area (Å²) in [6.45, 7) is 1.44. The van der Waals surface area contributed by atoms with Crippen molar-refractivity contribution in [2.75, 3.05) is 5.32 Å². The summed E-state index contributed by atoms with van der Waals surface area (Å²) in [4.78, 5) is 23.5. The summed E-state index contributed by atoms with van der Waals surface area (Å²) in [6, 6.07) is 11.1. The lowest BCUT2D eigenvalue weighted by molar-refractivity contribution is -0.114. The van der Waals surface area contributed by atoms with Gasteiger partial charge in [0.2, 0.25) is 5.91 Å². The Balaban J connectivity index is 2.20. The molecule has 0 spiro atoms. The van der Waals surface area contributed by atoms with Gasteiger partial charge in [-0.3, -0.25) is 9.59 Å². The van der Waals surface area contributed by atoms with Crippen LogP contribution in [-0.4, -0.2) is 11.7 Å². The Morgan fingerprint density at radius 1 is 1.05 bits per heavy atom. The number of hydrogen-bond donors (Lipinski definition) is 1. The van der Waals surface area contributed by atoms with Crippen molar-refractivity contribution in [3.05, 3.63) is 52.0 Å². The number of amides is 1. The van der Waals surface area contributed by atoms with Gasteiger partial charge in [0.25, 0.3) is 0 Å². The maximum atomic E-state index is 12.3. The number of rotatable bonds is 1. The number of ketones is 1. The zero-order chi connectivity index (χ0) is 13.6. The topological polar surface area (TPSA) is 46.2 Å². The number of benzene rings is 2. The first-order valence-corrected chi connectivity index (χ1v) is 6.62. The van der Waals surface area contributed by atoms with Gasteiger partial charge in [-0.2, -0.15) is 0 Å². The van der Waals surface area contributed by atoms with Crippen LogP contribution < -0.4 is 5.32 Å². The van der Waals surface area contributed by atoms with E-state index < -0.39 is 0 Å². The molecule has 0 aromatic heterocycles. The maximum absolute atomic E-state index is 12.3. The zero-order valence-electron chi connectivity index (χ0n) is 10.2. The Morgan fingerprint density at radius 3 is 2.42 bits per heavy atom. The minimum Gasteiger partial charge on any atom is -0.325 e. The van der Waals surface area contributed by atoms with E-state index in [0.29, 0.717) is 16.8 Å². The lowest BCUT2D eigenvalue weighted by Gasteiger charge is -2.08. The fourth-order valence-electron chi connectivity index (χ4n) is 2.33. The molecule has 94 valence electrons. The first-order chi connectivity index (χ1) is 9.08. The summed E-state index contributed by atoms with van der Waals surface area (Å²) < 4.78 is 0.769. The van der Waals surface area contributed by atoms with Gasteiger partial charge in [0.15, 0.2) is 5.78 Å². The van der Waals surface area contributed by atoms with Crippen LogP contribution in [0.5, 0.6) is 0 Å². The van der Waals surface area contributed by atoms with Gasteiger partial charge in [0.05, 0.1) is 5.69 Å². The van der Waals surface area contributed by atoms with Gasteiger partial charge in [-0.25, -0.2) is 0 Å². The van der Waals surface area contributed by atoms with Crippen molar-refractivity contribution in [2.24, 2.45) is 0 Å². The van der Waals surface area contributed by atoms with Crippen LogP contribution in [-0.2, 0) is 4.79 Å². The highest BCUT2D eigenvalue weighted by Gasteiger charge is 2.27. The van der Waals surface area contributed by atoms with Crippen molar-refractivity contribution >= 4 is 33.3 Å². The van der Waals surface area contributed by atoms with Gasteiger partial charge in [0, 0.05) is 22.5 Å². The summed E-state index contributed by atoms with van der Waals surface area (Å²) in [5.41, 5.74) is 3.81. The van der Waals surface area contributed by atoms with Gasteiger partial charge in [-0.05, 0) is 39.2 Å². The number of carbonyl (C=O) groups is 2. The monoisotopic (exact) mass is 315 g/mol. The van der Waals surface area contributed by atoms with Crippen molar-refractivity contribution in [1.82, 2.24) is 0 Å². The number of hydrogen-bond acceptors (Lipinski definition) is 2. The summed E-state index contributed by atoms with van der Waals surface area (Å²) in [5.74, 6) is -0.159. The van der Waals surface area contributed by atoms with E-state index in [4.69, 9.17) is 0 Å². The van der Waals surface area contributed by atoms with Gasteiger partial charge < -0.3 is 5.32 Å². The first kappa shape index (κ1) is 12.1. The average molecular weight is 316 g/mol. The Hall–Kier alpha value is -1.94. The molecule has 19 heavy (non-hydrogen) atoms. The Morgan fingerprint density at radius 2 is 1.74 bits per heavy atom. The van der Waals surface area contributed by atoms with E-state index in [1.54, 1.807) is 6.07 Å². The predicted molar refractivity (Wildman–Crippen MR) is 77.3 cm³/mol. The van der Waals surface area contributed by atoms with E-state index in [-0.39, 0.29) is 11.7 Å². The largest absolute Gasteiger partial charge is 0.325 e. The molecule has 0 atom stereocenters. The molecule has 2 aromatic rings. The smallest absolute Gasteiger partial charge is 0.221 e. The van der Waals surface area contributed by atoms with E-state index >= 15 is 0 Å². The Kier molecular flexibility index (Phi) is 2.75. The molecule has 0 saturated heterocycles. The molecular weight excluding hydrogens is 306 g/mol. The third kappa shape index (κ3) is 1.88. The van der Waals surface area contributed by atoms with Crippen LogP contribution in [0.4, 0.5) is 5.69 Å². The fraction of sp³-hybridized carbons (Fsp3) is 0.0667. The maximum Gasteiger partial charge on any atom is 0.221 e. The van der Waals surface area contributed by atoms with Crippen LogP contribution in [0.15, 0.2) is 40.9 Å².